The number of benzene rings is 1. The van der Waals surface area contributed by atoms with Crippen LogP contribution in [-0.4, -0.2) is 21.0 Å². The number of para-hydroxylation sites is 1. The molecule has 0 aliphatic rings. The first-order chi connectivity index (χ1) is 9.65. The molecular weight excluding hydrogens is 276 g/mol. The third-order valence-electron chi connectivity index (χ3n) is 2.94. The highest BCUT2D eigenvalue weighted by Gasteiger charge is 2.13. The molecule has 0 atom stereocenters. The number of carboxylic acids is 1. The van der Waals surface area contributed by atoms with Crippen LogP contribution < -0.4 is 5.56 Å². The Morgan fingerprint density at radius 3 is 2.85 bits per heavy atom. The molecule has 0 saturated carbocycles. The lowest BCUT2D eigenvalue weighted by atomic mass is 10.1. The maximum Gasteiger partial charge on any atom is 0.337 e. The third-order valence-corrected chi connectivity index (χ3v) is 3.81. The van der Waals surface area contributed by atoms with Crippen LogP contribution in [0.5, 0.6) is 0 Å². The first-order valence-corrected chi connectivity index (χ1v) is 6.81. The minimum atomic E-state index is -1.09. The maximum atomic E-state index is 12.0. The molecule has 0 radical (unpaired) electrons. The number of aromatic amines is 1. The number of thiophene rings is 1. The smallest absolute Gasteiger partial charge is 0.337 e. The van der Waals surface area contributed by atoms with Crippen molar-refractivity contribution in [1.82, 2.24) is 9.97 Å². The lowest BCUT2D eigenvalue weighted by Crippen LogP contribution is -2.14. The topological polar surface area (TPSA) is 83.0 Å². The molecule has 100 valence electrons. The van der Waals surface area contributed by atoms with Gasteiger partial charge in [-0.3, -0.25) is 4.79 Å². The quantitative estimate of drug-likeness (QED) is 0.773. The zero-order valence-corrected chi connectivity index (χ0v) is 11.1. The molecule has 2 N–H and O–H groups in total. The van der Waals surface area contributed by atoms with Crippen molar-refractivity contribution in [3.63, 3.8) is 0 Å². The van der Waals surface area contributed by atoms with Crippen LogP contribution in [0.3, 0.4) is 0 Å². The summed E-state index contributed by atoms with van der Waals surface area (Å²) < 4.78 is 0. The number of carboxylic acid groups (broad SMARTS) is 1. The van der Waals surface area contributed by atoms with Crippen LogP contribution in [0, 0.1) is 0 Å². The number of carbonyl (C=O) groups is 1. The highest BCUT2D eigenvalue weighted by Crippen LogP contribution is 2.16. The van der Waals surface area contributed by atoms with Crippen molar-refractivity contribution >= 4 is 28.2 Å². The van der Waals surface area contributed by atoms with Crippen LogP contribution in [0.2, 0.25) is 0 Å². The highest BCUT2D eigenvalue weighted by molar-refractivity contribution is 7.09. The Balaban J connectivity index is 2.19. The zero-order chi connectivity index (χ0) is 14.1. The number of rotatable bonds is 3. The first kappa shape index (κ1) is 12.6. The van der Waals surface area contributed by atoms with Crippen LogP contribution in [0.4, 0.5) is 0 Å². The molecule has 5 nitrogen and oxygen atoms in total. The fourth-order valence-corrected chi connectivity index (χ4v) is 2.75. The second kappa shape index (κ2) is 4.90. The van der Waals surface area contributed by atoms with Crippen molar-refractivity contribution in [2.24, 2.45) is 0 Å². The summed E-state index contributed by atoms with van der Waals surface area (Å²) in [6.07, 6.45) is 0.483. The SMILES string of the molecule is O=C(O)c1cccc2c(=O)[nH]c(Cc3cccs3)nc12. The van der Waals surface area contributed by atoms with E-state index in [-0.39, 0.29) is 16.6 Å². The van der Waals surface area contributed by atoms with E-state index in [9.17, 15) is 14.7 Å². The van der Waals surface area contributed by atoms with E-state index >= 15 is 0 Å². The van der Waals surface area contributed by atoms with Gasteiger partial charge < -0.3 is 10.1 Å². The van der Waals surface area contributed by atoms with Gasteiger partial charge in [-0.1, -0.05) is 12.1 Å². The van der Waals surface area contributed by atoms with Crippen molar-refractivity contribution in [2.75, 3.05) is 0 Å². The Morgan fingerprint density at radius 2 is 2.15 bits per heavy atom. The number of H-pyrrole nitrogens is 1. The average Bonchev–Trinajstić information content (AvgIpc) is 2.91. The molecule has 20 heavy (non-hydrogen) atoms. The summed E-state index contributed by atoms with van der Waals surface area (Å²) >= 11 is 1.56. The molecule has 0 bridgehead atoms. The molecule has 0 fully saturated rings. The van der Waals surface area contributed by atoms with Gasteiger partial charge in [0.05, 0.1) is 16.5 Å². The Labute approximate surface area is 117 Å². The highest BCUT2D eigenvalue weighted by atomic mass is 32.1. The van der Waals surface area contributed by atoms with Gasteiger partial charge in [-0.25, -0.2) is 9.78 Å². The van der Waals surface area contributed by atoms with Crippen molar-refractivity contribution in [3.8, 4) is 0 Å². The molecule has 0 saturated heterocycles. The van der Waals surface area contributed by atoms with E-state index < -0.39 is 5.97 Å². The fraction of sp³-hybridized carbons (Fsp3) is 0.0714. The number of aromatic carboxylic acids is 1. The Morgan fingerprint density at radius 1 is 1.30 bits per heavy atom. The summed E-state index contributed by atoms with van der Waals surface area (Å²) in [5.74, 6) is -0.616. The fourth-order valence-electron chi connectivity index (χ4n) is 2.04. The van der Waals surface area contributed by atoms with Gasteiger partial charge in [-0.2, -0.15) is 0 Å². The second-order valence-electron chi connectivity index (χ2n) is 4.28. The summed E-state index contributed by atoms with van der Waals surface area (Å²) in [4.78, 5) is 31.3. The predicted molar refractivity (Wildman–Crippen MR) is 76.4 cm³/mol. The molecule has 0 aliphatic heterocycles. The summed E-state index contributed by atoms with van der Waals surface area (Å²) in [5.41, 5.74) is -0.0407. The molecule has 3 aromatic rings. The summed E-state index contributed by atoms with van der Waals surface area (Å²) in [7, 11) is 0. The summed E-state index contributed by atoms with van der Waals surface area (Å²) in [6.45, 7) is 0. The van der Waals surface area contributed by atoms with Crippen LogP contribution in [0.25, 0.3) is 10.9 Å². The Kier molecular flexibility index (Phi) is 3.08. The number of fused-ring (bicyclic) bond motifs is 1. The van der Waals surface area contributed by atoms with E-state index in [2.05, 4.69) is 9.97 Å². The van der Waals surface area contributed by atoms with Crippen LogP contribution in [0.15, 0.2) is 40.5 Å². The molecule has 2 heterocycles. The standard InChI is InChI=1S/C14H10N2O3S/c17-13-9-4-1-5-10(14(18)19)12(9)15-11(16-13)7-8-3-2-6-20-8/h1-6H,7H2,(H,18,19)(H,15,16,17). The van der Waals surface area contributed by atoms with Gasteiger partial charge in [0.15, 0.2) is 0 Å². The van der Waals surface area contributed by atoms with Crippen molar-refractivity contribution < 1.29 is 9.90 Å². The van der Waals surface area contributed by atoms with Crippen molar-refractivity contribution in [2.45, 2.75) is 6.42 Å². The number of hydrogen-bond donors (Lipinski definition) is 2. The van der Waals surface area contributed by atoms with E-state index in [1.165, 1.54) is 6.07 Å². The normalized spacial score (nSPS) is 10.8. The second-order valence-corrected chi connectivity index (χ2v) is 5.31. The molecule has 3 rings (SSSR count). The average molecular weight is 286 g/mol. The molecule has 0 unspecified atom stereocenters. The van der Waals surface area contributed by atoms with Crippen molar-refractivity contribution in [3.05, 3.63) is 62.3 Å². The third kappa shape index (κ3) is 2.21. The number of nitrogens with one attached hydrogen (secondary N) is 1. The van der Waals surface area contributed by atoms with E-state index in [1.54, 1.807) is 23.5 Å². The minimum absolute atomic E-state index is 0.0426. The van der Waals surface area contributed by atoms with Gasteiger partial charge in [-0.15, -0.1) is 11.3 Å². The Bertz CT molecular complexity index is 837. The van der Waals surface area contributed by atoms with Gasteiger partial charge in [0, 0.05) is 11.3 Å². The van der Waals surface area contributed by atoms with E-state index in [0.29, 0.717) is 17.6 Å². The molecule has 2 aromatic heterocycles. The number of aromatic nitrogens is 2. The molecule has 6 heteroatoms. The van der Waals surface area contributed by atoms with Gasteiger partial charge in [-0.05, 0) is 23.6 Å². The van der Waals surface area contributed by atoms with Gasteiger partial charge in [0.1, 0.15) is 5.82 Å². The number of nitrogens with zero attached hydrogens (tertiary/aromatic N) is 1. The molecular formula is C14H10N2O3S. The minimum Gasteiger partial charge on any atom is -0.478 e. The largest absolute Gasteiger partial charge is 0.478 e. The summed E-state index contributed by atoms with van der Waals surface area (Å²) in [5, 5.41) is 11.4. The zero-order valence-electron chi connectivity index (χ0n) is 10.3. The molecule has 0 amide bonds. The predicted octanol–water partition coefficient (Wildman–Crippen LogP) is 2.27. The van der Waals surface area contributed by atoms with Gasteiger partial charge in [0.2, 0.25) is 0 Å². The lowest BCUT2D eigenvalue weighted by molar-refractivity contribution is 0.0699. The summed E-state index contributed by atoms with van der Waals surface area (Å²) in [6, 6.07) is 8.43. The van der Waals surface area contributed by atoms with E-state index in [4.69, 9.17) is 0 Å². The lowest BCUT2D eigenvalue weighted by Gasteiger charge is -2.04. The molecule has 0 spiro atoms. The van der Waals surface area contributed by atoms with E-state index in [1.807, 2.05) is 17.5 Å². The van der Waals surface area contributed by atoms with Crippen LogP contribution in [0.1, 0.15) is 21.1 Å². The first-order valence-electron chi connectivity index (χ1n) is 5.93. The molecule has 0 aliphatic carbocycles. The van der Waals surface area contributed by atoms with Crippen LogP contribution in [-0.2, 0) is 6.42 Å². The van der Waals surface area contributed by atoms with Crippen molar-refractivity contribution in [1.29, 1.82) is 0 Å². The van der Waals surface area contributed by atoms with E-state index in [0.717, 1.165) is 4.88 Å². The monoisotopic (exact) mass is 286 g/mol. The maximum absolute atomic E-state index is 12.0. The van der Waals surface area contributed by atoms with Gasteiger partial charge >= 0.3 is 5.97 Å². The molecule has 1 aromatic carbocycles. The Hall–Kier alpha value is -2.47. The van der Waals surface area contributed by atoms with Crippen LogP contribution >= 0.6 is 11.3 Å². The number of hydrogen-bond acceptors (Lipinski definition) is 4. The van der Waals surface area contributed by atoms with Gasteiger partial charge in [0.25, 0.3) is 5.56 Å².